The van der Waals surface area contributed by atoms with Crippen LogP contribution in [-0.4, -0.2) is 48.0 Å². The van der Waals surface area contributed by atoms with E-state index in [2.05, 4.69) is 5.10 Å². The zero-order valence-electron chi connectivity index (χ0n) is 10.6. The van der Waals surface area contributed by atoms with Crippen molar-refractivity contribution in [2.24, 2.45) is 0 Å². The van der Waals surface area contributed by atoms with E-state index in [1.807, 2.05) is 0 Å². The third kappa shape index (κ3) is 4.34. The number of thioether (sulfide) groups is 1. The highest BCUT2D eigenvalue weighted by molar-refractivity contribution is 8.13. The highest BCUT2D eigenvalue weighted by Gasteiger charge is 2.22. The number of aromatic nitrogens is 2. The first-order valence-electron chi connectivity index (χ1n) is 5.59. The Morgan fingerprint density at radius 3 is 2.63 bits per heavy atom. The Morgan fingerprint density at radius 1 is 1.47 bits per heavy atom. The van der Waals surface area contributed by atoms with E-state index in [1.165, 1.54) is 30.9 Å². The normalized spacial score (nSPS) is 15.8. The Hall–Kier alpha value is -1.38. The molecule has 0 aliphatic heterocycles. The predicted molar refractivity (Wildman–Crippen MR) is 68.7 cm³/mol. The first kappa shape index (κ1) is 15.7. The summed E-state index contributed by atoms with van der Waals surface area (Å²) in [6.45, 7) is 2.82. The second-order valence-electron chi connectivity index (χ2n) is 4.08. The van der Waals surface area contributed by atoms with Crippen LogP contribution in [0.15, 0.2) is 12.4 Å². The van der Waals surface area contributed by atoms with E-state index in [4.69, 9.17) is 5.11 Å². The SMILES string of the molecule is CC(=O)SCC(O)C(O)c1cnn([C@@H](C)C(=O)O)c1. The number of carboxylic acids is 1. The summed E-state index contributed by atoms with van der Waals surface area (Å²) in [5, 5.41) is 32.1. The molecule has 106 valence electrons. The van der Waals surface area contributed by atoms with Gasteiger partial charge in [0.15, 0.2) is 5.12 Å². The van der Waals surface area contributed by atoms with Crippen molar-refractivity contribution in [3.8, 4) is 0 Å². The molecule has 0 radical (unpaired) electrons. The molecule has 8 heteroatoms. The molecule has 0 bridgehead atoms. The van der Waals surface area contributed by atoms with Crippen LogP contribution in [0.4, 0.5) is 0 Å². The fraction of sp³-hybridized carbons (Fsp3) is 0.545. The van der Waals surface area contributed by atoms with Gasteiger partial charge in [-0.15, -0.1) is 0 Å². The molecule has 1 rings (SSSR count). The van der Waals surface area contributed by atoms with E-state index in [9.17, 15) is 19.8 Å². The van der Waals surface area contributed by atoms with Crippen molar-refractivity contribution in [3.05, 3.63) is 18.0 Å². The Morgan fingerprint density at radius 2 is 2.11 bits per heavy atom. The van der Waals surface area contributed by atoms with Crippen LogP contribution < -0.4 is 0 Å². The van der Waals surface area contributed by atoms with Crippen molar-refractivity contribution in [1.29, 1.82) is 0 Å². The summed E-state index contributed by atoms with van der Waals surface area (Å²) in [5.41, 5.74) is 0.310. The number of hydrogen-bond acceptors (Lipinski definition) is 6. The Bertz CT molecular complexity index is 462. The number of rotatable bonds is 6. The molecule has 1 heterocycles. The minimum atomic E-state index is -1.21. The van der Waals surface area contributed by atoms with Gasteiger partial charge in [-0.05, 0) is 6.92 Å². The number of carboxylic acid groups (broad SMARTS) is 1. The predicted octanol–water partition coefficient (Wildman–Crippen LogP) is 0.203. The van der Waals surface area contributed by atoms with Crippen LogP contribution in [0.3, 0.4) is 0 Å². The van der Waals surface area contributed by atoms with Crippen molar-refractivity contribution >= 4 is 22.8 Å². The maximum Gasteiger partial charge on any atom is 0.328 e. The monoisotopic (exact) mass is 288 g/mol. The number of carbonyl (C=O) groups is 2. The van der Waals surface area contributed by atoms with Crippen LogP contribution in [0, 0.1) is 0 Å². The van der Waals surface area contributed by atoms with Gasteiger partial charge < -0.3 is 15.3 Å². The molecule has 1 aromatic heterocycles. The lowest BCUT2D eigenvalue weighted by Gasteiger charge is -2.15. The maximum atomic E-state index is 10.8. The second kappa shape index (κ2) is 6.69. The number of aliphatic hydroxyl groups excluding tert-OH is 2. The van der Waals surface area contributed by atoms with Crippen LogP contribution in [0.1, 0.15) is 31.6 Å². The summed E-state index contributed by atoms with van der Waals surface area (Å²) >= 11 is 0.910. The highest BCUT2D eigenvalue weighted by Crippen LogP contribution is 2.20. The number of carbonyl (C=O) groups excluding carboxylic acids is 1. The molecular formula is C11H16N2O5S. The van der Waals surface area contributed by atoms with Crippen LogP contribution in [-0.2, 0) is 9.59 Å². The van der Waals surface area contributed by atoms with Crippen molar-refractivity contribution in [1.82, 2.24) is 9.78 Å². The molecule has 19 heavy (non-hydrogen) atoms. The molecule has 7 nitrogen and oxygen atoms in total. The summed E-state index contributed by atoms with van der Waals surface area (Å²) in [5.74, 6) is -0.979. The van der Waals surface area contributed by atoms with Gasteiger partial charge in [0, 0.05) is 24.4 Å². The molecule has 0 aliphatic rings. The fourth-order valence-corrected chi connectivity index (χ4v) is 1.93. The van der Waals surface area contributed by atoms with Crippen LogP contribution in [0.5, 0.6) is 0 Å². The van der Waals surface area contributed by atoms with Crippen molar-refractivity contribution < 1.29 is 24.9 Å². The van der Waals surface area contributed by atoms with Crippen molar-refractivity contribution in [2.45, 2.75) is 32.1 Å². The number of hydrogen-bond donors (Lipinski definition) is 3. The topological polar surface area (TPSA) is 113 Å². The Kier molecular flexibility index (Phi) is 5.52. The Labute approximate surface area is 114 Å². The highest BCUT2D eigenvalue weighted by atomic mass is 32.2. The quantitative estimate of drug-likeness (QED) is 0.685. The minimum absolute atomic E-state index is 0.0656. The van der Waals surface area contributed by atoms with Crippen molar-refractivity contribution in [2.75, 3.05) is 5.75 Å². The van der Waals surface area contributed by atoms with E-state index in [0.717, 1.165) is 11.8 Å². The number of aliphatic hydroxyl groups is 2. The van der Waals surface area contributed by atoms with Crippen LogP contribution in [0.25, 0.3) is 0 Å². The summed E-state index contributed by atoms with van der Waals surface area (Å²) in [4.78, 5) is 21.5. The molecule has 0 spiro atoms. The van der Waals surface area contributed by atoms with Gasteiger partial charge in [0.1, 0.15) is 12.1 Å². The molecule has 0 fully saturated rings. The zero-order valence-corrected chi connectivity index (χ0v) is 11.4. The minimum Gasteiger partial charge on any atom is -0.480 e. The lowest BCUT2D eigenvalue weighted by molar-refractivity contribution is -0.140. The van der Waals surface area contributed by atoms with E-state index in [0.29, 0.717) is 5.56 Å². The summed E-state index contributed by atoms with van der Waals surface area (Å²) in [6, 6.07) is -0.857. The van der Waals surface area contributed by atoms with E-state index >= 15 is 0 Å². The smallest absolute Gasteiger partial charge is 0.328 e. The largest absolute Gasteiger partial charge is 0.480 e. The molecular weight excluding hydrogens is 272 g/mol. The molecule has 0 amide bonds. The van der Waals surface area contributed by atoms with Gasteiger partial charge in [-0.25, -0.2) is 4.79 Å². The van der Waals surface area contributed by atoms with Gasteiger partial charge in [0.25, 0.3) is 0 Å². The van der Waals surface area contributed by atoms with Gasteiger partial charge in [0.05, 0.1) is 12.3 Å². The lowest BCUT2D eigenvalue weighted by atomic mass is 10.1. The maximum absolute atomic E-state index is 10.8. The lowest BCUT2D eigenvalue weighted by Crippen LogP contribution is -2.21. The average molecular weight is 288 g/mol. The summed E-state index contributed by atoms with van der Waals surface area (Å²) in [6.07, 6.45) is 0.338. The van der Waals surface area contributed by atoms with Crippen LogP contribution >= 0.6 is 11.8 Å². The van der Waals surface area contributed by atoms with Gasteiger partial charge >= 0.3 is 5.97 Å². The van der Waals surface area contributed by atoms with E-state index in [-0.39, 0.29) is 10.9 Å². The number of aliphatic carboxylic acids is 1. The molecule has 0 saturated carbocycles. The average Bonchev–Trinajstić information content (AvgIpc) is 2.83. The molecule has 2 unspecified atom stereocenters. The van der Waals surface area contributed by atoms with Gasteiger partial charge in [-0.3, -0.25) is 9.48 Å². The molecule has 0 saturated heterocycles. The first-order chi connectivity index (χ1) is 8.82. The molecule has 3 atom stereocenters. The molecule has 0 aromatic carbocycles. The van der Waals surface area contributed by atoms with E-state index in [1.54, 1.807) is 0 Å². The van der Waals surface area contributed by atoms with E-state index < -0.39 is 24.2 Å². The number of nitrogens with zero attached hydrogens (tertiary/aromatic N) is 2. The van der Waals surface area contributed by atoms with Gasteiger partial charge in [0.2, 0.25) is 0 Å². The zero-order chi connectivity index (χ0) is 14.6. The van der Waals surface area contributed by atoms with Crippen molar-refractivity contribution in [3.63, 3.8) is 0 Å². The third-order valence-corrected chi connectivity index (χ3v) is 3.45. The Balaban J connectivity index is 2.69. The molecule has 1 aromatic rings. The van der Waals surface area contributed by atoms with Gasteiger partial charge in [-0.2, -0.15) is 5.10 Å². The first-order valence-corrected chi connectivity index (χ1v) is 6.57. The van der Waals surface area contributed by atoms with Gasteiger partial charge in [-0.1, -0.05) is 11.8 Å². The molecule has 3 N–H and O–H groups in total. The summed E-state index contributed by atoms with van der Waals surface area (Å²) < 4.78 is 1.19. The fourth-order valence-electron chi connectivity index (χ4n) is 1.35. The molecule has 0 aliphatic carbocycles. The van der Waals surface area contributed by atoms with Crippen LogP contribution in [0.2, 0.25) is 0 Å². The standard InChI is InChI=1S/C11H16N2O5S/c1-6(11(17)18)13-4-8(3-12-13)10(16)9(15)5-19-7(2)14/h3-4,6,9-10,15-16H,5H2,1-2H3,(H,17,18)/t6-,9?,10?/m0/s1. The summed E-state index contributed by atoms with van der Waals surface area (Å²) in [7, 11) is 0. The second-order valence-corrected chi connectivity index (χ2v) is 5.28. The third-order valence-electron chi connectivity index (χ3n) is 2.54.